The lowest BCUT2D eigenvalue weighted by molar-refractivity contribution is -0.154. The van der Waals surface area contributed by atoms with Gasteiger partial charge in [0.15, 0.2) is 6.61 Å². The average Bonchev–Trinajstić information content (AvgIpc) is 2.80. The van der Waals surface area contributed by atoms with Crippen molar-refractivity contribution in [2.75, 3.05) is 11.9 Å². The zero-order chi connectivity index (χ0) is 26.9. The van der Waals surface area contributed by atoms with E-state index in [2.05, 4.69) is 5.32 Å². The molecular weight excluding hydrogens is 534 g/mol. The lowest BCUT2D eigenvalue weighted by Crippen LogP contribution is -2.20. The molecule has 1 heterocycles. The number of fused-ring (bicyclic) bond motifs is 1. The van der Waals surface area contributed by atoms with Crippen molar-refractivity contribution in [3.8, 4) is 17.2 Å². The molecule has 11 heteroatoms. The number of aryl methyl sites for hydroxylation is 2. The Bertz CT molecular complexity index is 1550. The standard InChI is InChI=1S/C26H18Cl2F3NO5/c1-13-3-4-14(2)20(7-13)36-24-23(34)19-6-5-18(11-21(19)37-25(24)26(29,30)31)35-12-22(33)32-17-9-15(27)8-16(28)10-17/h3-11H,12H2,1-2H3,(H,32,33). The van der Waals surface area contributed by atoms with Crippen LogP contribution in [0.15, 0.2) is 63.8 Å². The zero-order valence-electron chi connectivity index (χ0n) is 19.3. The molecule has 192 valence electrons. The van der Waals surface area contributed by atoms with Crippen LogP contribution in [-0.4, -0.2) is 12.5 Å². The summed E-state index contributed by atoms with van der Waals surface area (Å²) in [4.78, 5) is 25.2. The van der Waals surface area contributed by atoms with E-state index in [1.807, 2.05) is 0 Å². The zero-order valence-corrected chi connectivity index (χ0v) is 20.8. The molecule has 1 amide bonds. The number of anilines is 1. The summed E-state index contributed by atoms with van der Waals surface area (Å²) in [6.45, 7) is 2.90. The van der Waals surface area contributed by atoms with Crippen LogP contribution in [0, 0.1) is 13.8 Å². The van der Waals surface area contributed by atoms with E-state index in [1.54, 1.807) is 26.0 Å². The highest BCUT2D eigenvalue weighted by Crippen LogP contribution is 2.39. The first-order chi connectivity index (χ1) is 17.4. The quantitative estimate of drug-likeness (QED) is 0.267. The highest BCUT2D eigenvalue weighted by molar-refractivity contribution is 6.35. The van der Waals surface area contributed by atoms with Crippen molar-refractivity contribution in [3.63, 3.8) is 0 Å². The maximum Gasteiger partial charge on any atom is 0.453 e. The number of hydrogen-bond acceptors (Lipinski definition) is 5. The normalized spacial score (nSPS) is 11.4. The van der Waals surface area contributed by atoms with Crippen molar-refractivity contribution < 1.29 is 31.9 Å². The van der Waals surface area contributed by atoms with E-state index in [-0.39, 0.29) is 22.5 Å². The fraction of sp³-hybridized carbons (Fsp3) is 0.154. The number of alkyl halides is 3. The molecule has 0 saturated carbocycles. The van der Waals surface area contributed by atoms with E-state index in [9.17, 15) is 22.8 Å². The maximum absolute atomic E-state index is 13.8. The van der Waals surface area contributed by atoms with Crippen molar-refractivity contribution in [3.05, 3.63) is 91.8 Å². The van der Waals surface area contributed by atoms with E-state index < -0.39 is 35.6 Å². The molecule has 4 aromatic rings. The number of benzene rings is 3. The monoisotopic (exact) mass is 551 g/mol. The molecule has 6 nitrogen and oxygen atoms in total. The number of nitrogens with one attached hydrogen (secondary N) is 1. The fourth-order valence-electron chi connectivity index (χ4n) is 3.42. The van der Waals surface area contributed by atoms with Crippen LogP contribution >= 0.6 is 23.2 Å². The minimum Gasteiger partial charge on any atom is -0.484 e. The third-order valence-corrected chi connectivity index (χ3v) is 5.59. The van der Waals surface area contributed by atoms with Crippen LogP contribution in [-0.2, 0) is 11.0 Å². The van der Waals surface area contributed by atoms with Crippen molar-refractivity contribution in [1.82, 2.24) is 0 Å². The van der Waals surface area contributed by atoms with Crippen LogP contribution in [0.4, 0.5) is 18.9 Å². The molecule has 0 radical (unpaired) electrons. The van der Waals surface area contributed by atoms with E-state index >= 15 is 0 Å². The van der Waals surface area contributed by atoms with Gasteiger partial charge in [-0.1, -0.05) is 35.3 Å². The number of ether oxygens (including phenoxy) is 2. The van der Waals surface area contributed by atoms with Gasteiger partial charge in [0, 0.05) is 21.8 Å². The lowest BCUT2D eigenvalue weighted by Gasteiger charge is -2.15. The Labute approximate surface area is 218 Å². The highest BCUT2D eigenvalue weighted by Gasteiger charge is 2.40. The summed E-state index contributed by atoms with van der Waals surface area (Å²) >= 11 is 11.8. The van der Waals surface area contributed by atoms with Gasteiger partial charge in [0.2, 0.25) is 11.2 Å². The largest absolute Gasteiger partial charge is 0.484 e. The highest BCUT2D eigenvalue weighted by atomic mass is 35.5. The minimum atomic E-state index is -5.02. The van der Waals surface area contributed by atoms with Gasteiger partial charge in [-0.3, -0.25) is 9.59 Å². The molecule has 0 unspecified atom stereocenters. The first-order valence-electron chi connectivity index (χ1n) is 10.7. The van der Waals surface area contributed by atoms with Gasteiger partial charge in [-0.15, -0.1) is 0 Å². The van der Waals surface area contributed by atoms with Gasteiger partial charge in [-0.05, 0) is 61.4 Å². The third-order valence-electron chi connectivity index (χ3n) is 5.15. The Balaban J connectivity index is 1.62. The Morgan fingerprint density at radius 3 is 2.38 bits per heavy atom. The van der Waals surface area contributed by atoms with E-state index in [1.165, 1.54) is 36.4 Å². The predicted octanol–water partition coefficient (Wildman–Crippen LogP) is 7.55. The first kappa shape index (κ1) is 26.4. The molecule has 0 aliphatic rings. The molecule has 0 aliphatic heterocycles. The van der Waals surface area contributed by atoms with Gasteiger partial charge in [0.25, 0.3) is 11.7 Å². The summed E-state index contributed by atoms with van der Waals surface area (Å²) in [6.07, 6.45) is -5.02. The summed E-state index contributed by atoms with van der Waals surface area (Å²) in [5.74, 6) is -3.02. The summed E-state index contributed by atoms with van der Waals surface area (Å²) in [5.41, 5.74) is 0.229. The second-order valence-corrected chi connectivity index (χ2v) is 8.98. The lowest BCUT2D eigenvalue weighted by atomic mass is 10.1. The van der Waals surface area contributed by atoms with Gasteiger partial charge in [0.1, 0.15) is 17.1 Å². The van der Waals surface area contributed by atoms with E-state index in [4.69, 9.17) is 37.1 Å². The number of halogens is 5. The average molecular weight is 552 g/mol. The van der Waals surface area contributed by atoms with E-state index in [0.717, 1.165) is 11.6 Å². The van der Waals surface area contributed by atoms with Gasteiger partial charge >= 0.3 is 6.18 Å². The Hall–Kier alpha value is -3.69. The smallest absolute Gasteiger partial charge is 0.453 e. The number of carbonyl (C=O) groups excluding carboxylic acids is 1. The first-order valence-corrected chi connectivity index (χ1v) is 11.5. The molecule has 0 fully saturated rings. The number of rotatable bonds is 6. The molecule has 1 N–H and O–H groups in total. The molecular formula is C26H18Cl2F3NO5. The molecule has 4 rings (SSSR count). The van der Waals surface area contributed by atoms with Crippen LogP contribution in [0.3, 0.4) is 0 Å². The molecule has 0 aliphatic carbocycles. The van der Waals surface area contributed by atoms with Crippen molar-refractivity contribution in [2.45, 2.75) is 20.0 Å². The second-order valence-electron chi connectivity index (χ2n) is 8.11. The molecule has 0 spiro atoms. The van der Waals surface area contributed by atoms with Gasteiger partial charge < -0.3 is 19.2 Å². The van der Waals surface area contributed by atoms with Crippen LogP contribution < -0.4 is 20.2 Å². The van der Waals surface area contributed by atoms with Crippen molar-refractivity contribution >= 4 is 45.8 Å². The molecule has 0 saturated heterocycles. The van der Waals surface area contributed by atoms with Gasteiger partial charge in [-0.25, -0.2) is 0 Å². The number of hydrogen-bond donors (Lipinski definition) is 1. The number of amides is 1. The van der Waals surface area contributed by atoms with Gasteiger partial charge in [0.05, 0.1) is 5.39 Å². The molecule has 3 aromatic carbocycles. The van der Waals surface area contributed by atoms with Crippen molar-refractivity contribution in [1.29, 1.82) is 0 Å². The van der Waals surface area contributed by atoms with Gasteiger partial charge in [-0.2, -0.15) is 13.2 Å². The summed E-state index contributed by atoms with van der Waals surface area (Å²) in [6, 6.07) is 13.1. The topological polar surface area (TPSA) is 77.8 Å². The summed E-state index contributed by atoms with van der Waals surface area (Å²) in [5, 5.41) is 3.01. The molecule has 1 aromatic heterocycles. The Morgan fingerprint density at radius 2 is 1.70 bits per heavy atom. The third kappa shape index (κ3) is 6.18. The van der Waals surface area contributed by atoms with E-state index in [0.29, 0.717) is 21.3 Å². The number of carbonyl (C=O) groups is 1. The SMILES string of the molecule is Cc1ccc(C)c(Oc2c(C(F)(F)F)oc3cc(OCC(=O)Nc4cc(Cl)cc(Cl)c4)ccc3c2=O)c1. The Morgan fingerprint density at radius 1 is 1.00 bits per heavy atom. The molecule has 37 heavy (non-hydrogen) atoms. The van der Waals surface area contributed by atoms with Crippen molar-refractivity contribution in [2.24, 2.45) is 0 Å². The van der Waals surface area contributed by atoms with Crippen LogP contribution in [0.2, 0.25) is 10.0 Å². The molecule has 0 bridgehead atoms. The summed E-state index contributed by atoms with van der Waals surface area (Å²) < 4.78 is 57.4. The fourth-order valence-corrected chi connectivity index (χ4v) is 3.95. The maximum atomic E-state index is 13.8. The van der Waals surface area contributed by atoms with Crippen LogP contribution in [0.1, 0.15) is 16.9 Å². The predicted molar refractivity (Wildman–Crippen MR) is 134 cm³/mol. The molecule has 0 atom stereocenters. The Kier molecular flexibility index (Phi) is 7.38. The summed E-state index contributed by atoms with van der Waals surface area (Å²) in [7, 11) is 0. The second kappa shape index (κ2) is 10.4. The van der Waals surface area contributed by atoms with Crippen LogP contribution in [0.25, 0.3) is 11.0 Å². The minimum absolute atomic E-state index is 0.00579. The van der Waals surface area contributed by atoms with Crippen LogP contribution in [0.5, 0.6) is 17.2 Å².